The minimum atomic E-state index is -5.29. The lowest BCUT2D eigenvalue weighted by Gasteiger charge is -2.42. The van der Waals surface area contributed by atoms with Crippen molar-refractivity contribution in [3.8, 4) is 23.1 Å². The van der Waals surface area contributed by atoms with Crippen LogP contribution in [0.4, 0.5) is 59.4 Å². The lowest BCUT2D eigenvalue weighted by molar-refractivity contribution is -0.221. The number of benzene rings is 2. The summed E-state index contributed by atoms with van der Waals surface area (Å²) in [7, 11) is 0.808. The van der Waals surface area contributed by atoms with Gasteiger partial charge in [-0.2, -0.15) is 40.2 Å². The third kappa shape index (κ3) is 13.6. The molecule has 7 rings (SSSR count). The van der Waals surface area contributed by atoms with E-state index in [2.05, 4.69) is 46.8 Å². The Morgan fingerprint density at radius 3 is 1.92 bits per heavy atom. The molecule has 79 heavy (non-hydrogen) atoms. The molecular formula is C50H55F10N11O8. The SMILES string of the molecule is COC(=O)N[C@H](C(=O)N[C@@H](Cc1ccc(C#Cc2cnc(N3C[C@H]4C[C@@H]3CN4C3COC3)nc2)cc1)[C@@H](O)CN(Cc1c(F)cc(-c2ccn(C(F)F)n2)cc1F)NC(=O)[C@@H](NC(=O)O)C(C)(C)C(F)(F)F)C(C)(C)C(F)(F)F. The first-order valence-electron chi connectivity index (χ1n) is 24.3. The molecule has 2 aromatic heterocycles. The molecule has 3 aliphatic heterocycles. The van der Waals surface area contributed by atoms with E-state index in [4.69, 9.17) is 4.74 Å². The fourth-order valence-corrected chi connectivity index (χ4v) is 9.20. The Labute approximate surface area is 445 Å². The highest BCUT2D eigenvalue weighted by Gasteiger charge is 2.57. The topological polar surface area (TPSA) is 229 Å². The fraction of sp³-hybridized carbons (Fsp3) is 0.500. The van der Waals surface area contributed by atoms with Gasteiger partial charge in [-0.1, -0.05) is 24.0 Å². The van der Waals surface area contributed by atoms with E-state index >= 15 is 8.78 Å². The lowest BCUT2D eigenvalue weighted by Crippen LogP contribution is -2.63. The number of anilines is 1. The Kier molecular flexibility index (Phi) is 17.7. The molecule has 428 valence electrons. The molecule has 6 atom stereocenters. The van der Waals surface area contributed by atoms with Crippen LogP contribution in [0.3, 0.4) is 0 Å². The smallest absolute Gasteiger partial charge is 0.407 e. The van der Waals surface area contributed by atoms with Gasteiger partial charge in [0.25, 0.3) is 5.91 Å². The van der Waals surface area contributed by atoms with Crippen molar-refractivity contribution in [2.75, 3.05) is 44.9 Å². The number of hydrogen-bond acceptors (Lipinski definition) is 13. The Morgan fingerprint density at radius 1 is 0.823 bits per heavy atom. The molecule has 0 spiro atoms. The molecule has 3 fully saturated rings. The normalized spacial score (nSPS) is 18.5. The molecule has 0 saturated carbocycles. The van der Waals surface area contributed by atoms with Gasteiger partial charge in [-0.3, -0.25) is 19.9 Å². The van der Waals surface area contributed by atoms with Crippen LogP contribution in [0.2, 0.25) is 0 Å². The van der Waals surface area contributed by atoms with Crippen LogP contribution in [-0.4, -0.2) is 159 Å². The number of halogens is 10. The zero-order valence-electron chi connectivity index (χ0n) is 42.8. The second kappa shape index (κ2) is 23.6. The number of piperazine rings is 1. The summed E-state index contributed by atoms with van der Waals surface area (Å²) in [6, 6.07) is 2.32. The zero-order chi connectivity index (χ0) is 57.9. The second-order valence-electron chi connectivity index (χ2n) is 20.3. The first-order valence-corrected chi connectivity index (χ1v) is 24.3. The lowest BCUT2D eigenvalue weighted by atomic mass is 9.82. The number of carbonyl (C=O) groups is 4. The number of rotatable bonds is 19. The Morgan fingerprint density at radius 2 is 1.42 bits per heavy atom. The van der Waals surface area contributed by atoms with Gasteiger partial charge in [0.15, 0.2) is 0 Å². The number of nitrogens with one attached hydrogen (secondary N) is 4. The molecule has 5 heterocycles. The number of hydrogen-bond donors (Lipinski definition) is 6. The van der Waals surface area contributed by atoms with Gasteiger partial charge < -0.3 is 40.5 Å². The molecule has 2 bridgehead atoms. The number of nitrogens with zero attached hydrogens (tertiary/aromatic N) is 7. The van der Waals surface area contributed by atoms with Crippen LogP contribution in [-0.2, 0) is 32.0 Å². The van der Waals surface area contributed by atoms with Crippen molar-refractivity contribution in [3.05, 3.63) is 94.9 Å². The van der Waals surface area contributed by atoms with Crippen LogP contribution in [0.25, 0.3) is 11.3 Å². The van der Waals surface area contributed by atoms with E-state index in [0.29, 0.717) is 74.0 Å². The van der Waals surface area contributed by atoms with Crippen LogP contribution >= 0.6 is 0 Å². The zero-order valence-corrected chi connectivity index (χ0v) is 42.8. The highest BCUT2D eigenvalue weighted by atomic mass is 19.4. The van der Waals surface area contributed by atoms with Crippen LogP contribution in [0.1, 0.15) is 62.9 Å². The number of alkyl halides is 8. The molecule has 4 aromatic rings. The van der Waals surface area contributed by atoms with Crippen LogP contribution < -0.4 is 26.3 Å². The highest BCUT2D eigenvalue weighted by Crippen LogP contribution is 2.42. The molecule has 0 aliphatic carbocycles. The van der Waals surface area contributed by atoms with E-state index in [0.717, 1.165) is 52.1 Å². The molecule has 2 aromatic carbocycles. The highest BCUT2D eigenvalue weighted by molar-refractivity contribution is 5.87. The van der Waals surface area contributed by atoms with Crippen molar-refractivity contribution in [1.82, 2.24) is 51.0 Å². The van der Waals surface area contributed by atoms with Gasteiger partial charge in [0, 0.05) is 73.5 Å². The van der Waals surface area contributed by atoms with Crippen molar-refractivity contribution < 1.29 is 82.8 Å². The largest absolute Gasteiger partial charge is 0.465 e. The number of likely N-dealkylation sites (tertiary alicyclic amines) is 1. The third-order valence-corrected chi connectivity index (χ3v) is 14.2. The van der Waals surface area contributed by atoms with Crippen molar-refractivity contribution in [3.63, 3.8) is 0 Å². The molecular weight excluding hydrogens is 1070 g/mol. The number of fused-ring (bicyclic) bond motifs is 2. The summed E-state index contributed by atoms with van der Waals surface area (Å²) in [6.45, 7) is -0.276. The predicted molar refractivity (Wildman–Crippen MR) is 258 cm³/mol. The van der Waals surface area contributed by atoms with Gasteiger partial charge in [0.05, 0.1) is 60.6 Å². The van der Waals surface area contributed by atoms with Gasteiger partial charge in [-0.25, -0.2) is 38.0 Å². The van der Waals surface area contributed by atoms with E-state index in [1.54, 1.807) is 12.4 Å². The van der Waals surface area contributed by atoms with Gasteiger partial charge in [0.1, 0.15) is 23.7 Å². The van der Waals surface area contributed by atoms with Crippen molar-refractivity contribution >= 4 is 29.9 Å². The molecule has 3 saturated heterocycles. The maximum Gasteiger partial charge on any atom is 0.407 e. The summed E-state index contributed by atoms with van der Waals surface area (Å²) in [6.07, 6.45) is -11.8. The van der Waals surface area contributed by atoms with E-state index in [-0.39, 0.29) is 27.5 Å². The van der Waals surface area contributed by atoms with E-state index in [9.17, 15) is 64.5 Å². The number of aliphatic hydroxyl groups is 1. The summed E-state index contributed by atoms with van der Waals surface area (Å²) in [4.78, 5) is 65.7. The van der Waals surface area contributed by atoms with Gasteiger partial charge in [-0.05, 0) is 76.4 Å². The van der Waals surface area contributed by atoms with E-state index in [1.165, 1.54) is 29.6 Å². The maximum absolute atomic E-state index is 16.0. The number of carbonyl (C=O) groups excluding carboxylic acids is 3. The summed E-state index contributed by atoms with van der Waals surface area (Å²) in [5, 5.41) is 31.0. The van der Waals surface area contributed by atoms with Crippen molar-refractivity contribution in [1.29, 1.82) is 0 Å². The maximum atomic E-state index is 16.0. The molecule has 4 amide bonds. The minimum Gasteiger partial charge on any atom is -0.465 e. The molecule has 0 unspecified atom stereocenters. The van der Waals surface area contributed by atoms with Crippen molar-refractivity contribution in [2.45, 2.75) is 108 Å². The predicted octanol–water partition coefficient (Wildman–Crippen LogP) is 5.53. The van der Waals surface area contributed by atoms with Gasteiger partial charge in [0.2, 0.25) is 11.9 Å². The number of amides is 4. The first-order chi connectivity index (χ1) is 37.0. The van der Waals surface area contributed by atoms with Gasteiger partial charge >= 0.3 is 31.1 Å². The number of aromatic nitrogens is 4. The van der Waals surface area contributed by atoms with Crippen LogP contribution in [0.15, 0.2) is 61.1 Å². The Hall–Kier alpha value is -7.29. The number of methoxy groups -OCH3 is 1. The summed E-state index contributed by atoms with van der Waals surface area (Å²) < 4.78 is 155. The summed E-state index contributed by atoms with van der Waals surface area (Å²) >= 11 is 0. The second-order valence-corrected chi connectivity index (χ2v) is 20.3. The molecule has 0 radical (unpaired) electrons. The average molecular weight is 1130 g/mol. The number of aliphatic hydroxyl groups excluding tert-OH is 1. The summed E-state index contributed by atoms with van der Waals surface area (Å²) in [5.74, 6) is 0.227. The Balaban J connectivity index is 1.18. The molecule has 3 aliphatic rings. The van der Waals surface area contributed by atoms with Gasteiger partial charge in [-0.15, -0.1) is 0 Å². The molecule has 19 nitrogen and oxygen atoms in total. The summed E-state index contributed by atoms with van der Waals surface area (Å²) in [5.41, 5.74) is -4.85. The standard InChI is InChI=1S/C50H55F10N11O8/c1-47(2,49(55,56)57)39(65-46(77)78-5)41(73)63-37(14-27-9-6-26(7-10-27)8-11-28-18-61-44(62-19-28)70-21-30-17-31(70)20-69(30)32-24-79-25-32)38(72)23-68(67-42(74)40(64-45(75)76)48(3,4)50(58,59)60)22-33-34(51)15-29(16-35(33)52)36-12-13-71(66-36)43(53)54/h6-7,9-10,12-13,15-16,18-19,30-32,37-40,43,64,72H,14,17,20-25H2,1-5H3,(H,63,73)(H,65,77)(H,67,74)(H,75,76)/t30-,31-,37+,38+,39-,40-/m1/s1. The number of ether oxygens (including phenoxy) is 2. The fourth-order valence-electron chi connectivity index (χ4n) is 9.20. The Bertz CT molecular complexity index is 2890. The first kappa shape index (κ1) is 59.4. The minimum absolute atomic E-state index is 0.185. The molecule has 6 N–H and O–H groups in total. The van der Waals surface area contributed by atoms with E-state index in [1.807, 2.05) is 10.7 Å². The van der Waals surface area contributed by atoms with Crippen LogP contribution in [0.5, 0.6) is 0 Å². The average Bonchev–Trinajstić information content (AvgIpc) is 4.12. The third-order valence-electron chi connectivity index (χ3n) is 14.2. The molecule has 29 heteroatoms. The number of carboxylic acid groups (broad SMARTS) is 1. The number of hydrazine groups is 1. The van der Waals surface area contributed by atoms with E-state index < -0.39 is 115 Å². The van der Waals surface area contributed by atoms with Crippen molar-refractivity contribution in [2.24, 2.45) is 10.8 Å². The monoisotopic (exact) mass is 1130 g/mol. The van der Waals surface area contributed by atoms with Crippen LogP contribution in [0, 0.1) is 34.3 Å². The number of alkyl carbamates (subject to hydrolysis) is 1. The quantitative estimate of drug-likeness (QED) is 0.0386.